The predicted molar refractivity (Wildman–Crippen MR) is 98.9 cm³/mol. The Labute approximate surface area is 155 Å². The first-order valence-electron chi connectivity index (χ1n) is 8.42. The van der Waals surface area contributed by atoms with Crippen molar-refractivity contribution in [2.45, 2.75) is 20.4 Å². The summed E-state index contributed by atoms with van der Waals surface area (Å²) >= 11 is 0. The van der Waals surface area contributed by atoms with E-state index in [-0.39, 0.29) is 18.1 Å². The number of anilines is 2. The van der Waals surface area contributed by atoms with E-state index in [9.17, 15) is 9.18 Å². The van der Waals surface area contributed by atoms with Crippen molar-refractivity contribution in [2.24, 2.45) is 0 Å². The first-order chi connectivity index (χ1) is 13.0. The van der Waals surface area contributed by atoms with Crippen LogP contribution in [0.1, 0.15) is 19.7 Å². The number of nitrogens with zero attached hydrogens (tertiary/aromatic N) is 2. The first kappa shape index (κ1) is 18.4. The van der Waals surface area contributed by atoms with Crippen LogP contribution in [0.4, 0.5) is 15.8 Å². The lowest BCUT2D eigenvalue weighted by Gasteiger charge is -2.08. The number of amides is 1. The van der Waals surface area contributed by atoms with E-state index < -0.39 is 5.82 Å². The molecule has 27 heavy (non-hydrogen) atoms. The second kappa shape index (κ2) is 8.31. The SMILES string of the molecule is CCOc1ccc(-c2noc(CNc3ccc(F)c(NC(C)=O)c3)n2)cc1. The molecule has 1 heterocycles. The molecule has 0 unspecified atom stereocenters. The fourth-order valence-corrected chi connectivity index (χ4v) is 2.41. The van der Waals surface area contributed by atoms with Gasteiger partial charge in [0.2, 0.25) is 17.6 Å². The molecule has 2 N–H and O–H groups in total. The van der Waals surface area contributed by atoms with Crippen molar-refractivity contribution in [1.29, 1.82) is 0 Å². The third-order valence-electron chi connectivity index (χ3n) is 3.61. The van der Waals surface area contributed by atoms with Crippen LogP contribution in [-0.2, 0) is 11.3 Å². The maximum atomic E-state index is 13.7. The smallest absolute Gasteiger partial charge is 0.246 e. The summed E-state index contributed by atoms with van der Waals surface area (Å²) in [6.45, 7) is 4.10. The Balaban J connectivity index is 1.65. The van der Waals surface area contributed by atoms with Crippen molar-refractivity contribution in [3.8, 4) is 17.1 Å². The van der Waals surface area contributed by atoms with Gasteiger partial charge < -0.3 is 19.9 Å². The Kier molecular flexibility index (Phi) is 5.65. The van der Waals surface area contributed by atoms with Gasteiger partial charge in [0.15, 0.2) is 0 Å². The van der Waals surface area contributed by atoms with E-state index in [2.05, 4.69) is 20.8 Å². The second-order valence-corrected chi connectivity index (χ2v) is 5.70. The van der Waals surface area contributed by atoms with E-state index in [0.717, 1.165) is 11.3 Å². The topological polar surface area (TPSA) is 89.3 Å². The van der Waals surface area contributed by atoms with Crippen molar-refractivity contribution in [1.82, 2.24) is 10.1 Å². The third-order valence-corrected chi connectivity index (χ3v) is 3.61. The molecular formula is C19H19FN4O3. The Hall–Kier alpha value is -3.42. The fraction of sp³-hybridized carbons (Fsp3) is 0.211. The molecule has 3 aromatic rings. The molecule has 140 valence electrons. The zero-order valence-electron chi connectivity index (χ0n) is 15.0. The normalized spacial score (nSPS) is 10.5. The number of benzene rings is 2. The number of ether oxygens (including phenoxy) is 1. The Morgan fingerprint density at radius 1 is 1.22 bits per heavy atom. The van der Waals surface area contributed by atoms with Crippen molar-refractivity contribution in [3.63, 3.8) is 0 Å². The zero-order valence-corrected chi connectivity index (χ0v) is 15.0. The largest absolute Gasteiger partial charge is 0.494 e. The summed E-state index contributed by atoms with van der Waals surface area (Å²) in [5.74, 6) is 0.768. The second-order valence-electron chi connectivity index (χ2n) is 5.70. The molecule has 0 saturated heterocycles. The molecule has 2 aromatic carbocycles. The van der Waals surface area contributed by atoms with Crippen LogP contribution in [0, 0.1) is 5.82 Å². The van der Waals surface area contributed by atoms with E-state index in [4.69, 9.17) is 9.26 Å². The summed E-state index contributed by atoms with van der Waals surface area (Å²) in [5.41, 5.74) is 1.53. The molecule has 0 aliphatic heterocycles. The van der Waals surface area contributed by atoms with Crippen molar-refractivity contribution in [3.05, 3.63) is 54.2 Å². The number of hydrogen-bond donors (Lipinski definition) is 2. The number of carbonyl (C=O) groups is 1. The van der Waals surface area contributed by atoms with Crippen LogP contribution in [0.15, 0.2) is 47.0 Å². The first-order valence-corrected chi connectivity index (χ1v) is 8.42. The van der Waals surface area contributed by atoms with Crippen LogP contribution in [0.25, 0.3) is 11.4 Å². The molecule has 3 rings (SSSR count). The summed E-state index contributed by atoms with van der Waals surface area (Å²) < 4.78 is 24.3. The van der Waals surface area contributed by atoms with Gasteiger partial charge in [0.05, 0.1) is 18.8 Å². The van der Waals surface area contributed by atoms with Crippen LogP contribution in [0.3, 0.4) is 0 Å². The van der Waals surface area contributed by atoms with E-state index in [0.29, 0.717) is 24.0 Å². The monoisotopic (exact) mass is 370 g/mol. The van der Waals surface area contributed by atoms with Crippen LogP contribution < -0.4 is 15.4 Å². The van der Waals surface area contributed by atoms with Gasteiger partial charge in [-0.1, -0.05) is 5.16 Å². The van der Waals surface area contributed by atoms with Crippen molar-refractivity contribution < 1.29 is 18.4 Å². The van der Waals surface area contributed by atoms with Crippen LogP contribution in [0.2, 0.25) is 0 Å². The molecule has 1 amide bonds. The maximum Gasteiger partial charge on any atom is 0.246 e. The summed E-state index contributed by atoms with van der Waals surface area (Å²) in [6, 6.07) is 11.7. The van der Waals surface area contributed by atoms with Gasteiger partial charge in [-0.2, -0.15) is 4.98 Å². The summed E-state index contributed by atoms with van der Waals surface area (Å²) in [7, 11) is 0. The molecule has 0 spiro atoms. The Morgan fingerprint density at radius 2 is 2.00 bits per heavy atom. The number of rotatable bonds is 7. The minimum Gasteiger partial charge on any atom is -0.494 e. The van der Waals surface area contributed by atoms with Crippen LogP contribution in [-0.4, -0.2) is 22.7 Å². The highest BCUT2D eigenvalue weighted by Crippen LogP contribution is 2.22. The Bertz CT molecular complexity index is 925. The average Bonchev–Trinajstić information content (AvgIpc) is 3.12. The van der Waals surface area contributed by atoms with Crippen molar-refractivity contribution >= 4 is 17.3 Å². The lowest BCUT2D eigenvalue weighted by atomic mass is 10.2. The maximum absolute atomic E-state index is 13.7. The van der Waals surface area contributed by atoms with Gasteiger partial charge in [-0.15, -0.1) is 0 Å². The summed E-state index contributed by atoms with van der Waals surface area (Å²) in [6.07, 6.45) is 0. The molecule has 1 aromatic heterocycles. The van der Waals surface area contributed by atoms with Crippen LogP contribution in [0.5, 0.6) is 5.75 Å². The van der Waals surface area contributed by atoms with Gasteiger partial charge in [-0.25, -0.2) is 4.39 Å². The van der Waals surface area contributed by atoms with Crippen molar-refractivity contribution in [2.75, 3.05) is 17.2 Å². The predicted octanol–water partition coefficient (Wildman–Crippen LogP) is 3.84. The highest BCUT2D eigenvalue weighted by Gasteiger charge is 2.10. The van der Waals surface area contributed by atoms with Gasteiger partial charge in [0.25, 0.3) is 0 Å². The number of halogens is 1. The molecule has 8 heteroatoms. The van der Waals surface area contributed by atoms with Gasteiger partial charge in [-0.3, -0.25) is 4.79 Å². The number of aromatic nitrogens is 2. The molecular weight excluding hydrogens is 351 g/mol. The van der Waals surface area contributed by atoms with Crippen LogP contribution >= 0.6 is 0 Å². The number of hydrogen-bond acceptors (Lipinski definition) is 6. The Morgan fingerprint density at radius 3 is 2.70 bits per heavy atom. The zero-order chi connectivity index (χ0) is 19.2. The number of carbonyl (C=O) groups excluding carboxylic acids is 1. The lowest BCUT2D eigenvalue weighted by molar-refractivity contribution is -0.114. The van der Waals surface area contributed by atoms with E-state index in [1.165, 1.54) is 19.1 Å². The fourth-order valence-electron chi connectivity index (χ4n) is 2.41. The quantitative estimate of drug-likeness (QED) is 0.657. The molecule has 0 aliphatic carbocycles. The molecule has 0 radical (unpaired) electrons. The lowest BCUT2D eigenvalue weighted by Crippen LogP contribution is -2.08. The molecule has 7 nitrogen and oxygen atoms in total. The van der Waals surface area contributed by atoms with Gasteiger partial charge in [-0.05, 0) is 49.4 Å². The standard InChI is InChI=1S/C19H19FN4O3/c1-3-26-15-7-4-13(5-8-15)19-23-18(27-24-19)11-21-14-6-9-16(20)17(10-14)22-12(2)25/h4-10,21H,3,11H2,1-2H3,(H,22,25). The minimum atomic E-state index is -0.508. The average molecular weight is 370 g/mol. The van der Waals surface area contributed by atoms with E-state index >= 15 is 0 Å². The number of nitrogens with one attached hydrogen (secondary N) is 2. The molecule has 0 atom stereocenters. The van der Waals surface area contributed by atoms with E-state index in [1.807, 2.05) is 31.2 Å². The third kappa shape index (κ3) is 4.81. The molecule has 0 saturated carbocycles. The molecule has 0 bridgehead atoms. The summed E-state index contributed by atoms with van der Waals surface area (Å²) in [4.78, 5) is 15.4. The minimum absolute atomic E-state index is 0.105. The molecule has 0 fully saturated rings. The van der Waals surface area contributed by atoms with Gasteiger partial charge in [0, 0.05) is 18.2 Å². The van der Waals surface area contributed by atoms with E-state index in [1.54, 1.807) is 6.07 Å². The molecule has 0 aliphatic rings. The van der Waals surface area contributed by atoms with Gasteiger partial charge in [0.1, 0.15) is 11.6 Å². The highest BCUT2D eigenvalue weighted by atomic mass is 19.1. The highest BCUT2D eigenvalue weighted by molar-refractivity contribution is 5.89. The summed E-state index contributed by atoms with van der Waals surface area (Å²) in [5, 5.41) is 9.45. The van der Waals surface area contributed by atoms with Gasteiger partial charge >= 0.3 is 0 Å².